The van der Waals surface area contributed by atoms with E-state index in [1.807, 2.05) is 25.1 Å². The van der Waals surface area contributed by atoms with Crippen LogP contribution in [0.5, 0.6) is 0 Å². The number of amides is 2. The highest BCUT2D eigenvalue weighted by Crippen LogP contribution is 2.34. The zero-order valence-electron chi connectivity index (χ0n) is 15.4. The van der Waals surface area contributed by atoms with E-state index >= 15 is 0 Å². The number of anilines is 1. The number of carbonyl (C=O) groups is 1. The van der Waals surface area contributed by atoms with Crippen LogP contribution in [0.1, 0.15) is 24.1 Å². The first-order valence-corrected chi connectivity index (χ1v) is 9.17. The monoisotopic (exact) mass is 385 g/mol. The standard InChI is InChI=1S/C21H21F2N3O2/c1-13-10-14-11-16(3-5-19(14)24-13)25-20(27)26-21(6-8-28-9-7-21)17-4-2-15(22)12-18(17)23/h2-5,10-12,24H,6-9H2,1H3,(H2,25,26,27). The summed E-state index contributed by atoms with van der Waals surface area (Å²) in [5.74, 6) is -1.32. The number of ether oxygens (including phenoxy) is 1. The SMILES string of the molecule is Cc1cc2cc(NC(=O)NC3(c4ccc(F)cc4F)CCOCC3)ccc2[nH]1. The van der Waals surface area contributed by atoms with Crippen LogP contribution in [0.3, 0.4) is 0 Å². The molecule has 0 atom stereocenters. The van der Waals surface area contributed by atoms with Crippen LogP contribution in [-0.4, -0.2) is 24.2 Å². The predicted molar refractivity (Wildman–Crippen MR) is 103 cm³/mol. The van der Waals surface area contributed by atoms with E-state index in [4.69, 9.17) is 4.74 Å². The maximum atomic E-state index is 14.5. The topological polar surface area (TPSA) is 66.2 Å². The Labute approximate surface area is 161 Å². The number of nitrogens with one attached hydrogen (secondary N) is 3. The van der Waals surface area contributed by atoms with Gasteiger partial charge in [0.1, 0.15) is 11.6 Å². The number of H-pyrrole nitrogens is 1. The van der Waals surface area contributed by atoms with E-state index in [1.54, 1.807) is 6.07 Å². The van der Waals surface area contributed by atoms with Crippen LogP contribution in [0.25, 0.3) is 10.9 Å². The van der Waals surface area contributed by atoms with Gasteiger partial charge in [0.15, 0.2) is 0 Å². The lowest BCUT2D eigenvalue weighted by Gasteiger charge is -2.38. The quantitative estimate of drug-likeness (QED) is 0.618. The maximum absolute atomic E-state index is 14.5. The van der Waals surface area contributed by atoms with Crippen molar-refractivity contribution in [3.8, 4) is 0 Å². The van der Waals surface area contributed by atoms with Crippen molar-refractivity contribution in [1.82, 2.24) is 10.3 Å². The van der Waals surface area contributed by atoms with Crippen molar-refractivity contribution >= 4 is 22.6 Å². The fourth-order valence-electron chi connectivity index (χ4n) is 3.79. The molecule has 1 saturated heterocycles. The highest BCUT2D eigenvalue weighted by atomic mass is 19.1. The molecule has 3 N–H and O–H groups in total. The fraction of sp³-hybridized carbons (Fsp3) is 0.286. The third kappa shape index (κ3) is 3.57. The van der Waals surface area contributed by atoms with Crippen molar-refractivity contribution in [2.45, 2.75) is 25.3 Å². The fourth-order valence-corrected chi connectivity index (χ4v) is 3.79. The average Bonchev–Trinajstić information content (AvgIpc) is 3.01. The first-order valence-electron chi connectivity index (χ1n) is 9.17. The second-order valence-corrected chi connectivity index (χ2v) is 7.15. The third-order valence-corrected chi connectivity index (χ3v) is 5.16. The van der Waals surface area contributed by atoms with Crippen molar-refractivity contribution < 1.29 is 18.3 Å². The van der Waals surface area contributed by atoms with Crippen LogP contribution >= 0.6 is 0 Å². The summed E-state index contributed by atoms with van der Waals surface area (Å²) >= 11 is 0. The Morgan fingerprint density at radius 1 is 1.11 bits per heavy atom. The summed E-state index contributed by atoms with van der Waals surface area (Å²) in [5.41, 5.74) is 1.96. The first kappa shape index (κ1) is 18.4. The van der Waals surface area contributed by atoms with Gasteiger partial charge in [-0.1, -0.05) is 6.07 Å². The Hall–Kier alpha value is -2.93. The molecule has 146 valence electrons. The molecule has 0 radical (unpaired) electrons. The van der Waals surface area contributed by atoms with Gasteiger partial charge in [0.2, 0.25) is 0 Å². The normalized spacial score (nSPS) is 16.1. The zero-order chi connectivity index (χ0) is 19.7. The highest BCUT2D eigenvalue weighted by Gasteiger charge is 2.38. The minimum atomic E-state index is -0.950. The molecule has 28 heavy (non-hydrogen) atoms. The lowest BCUT2D eigenvalue weighted by Crippen LogP contribution is -2.51. The molecule has 4 rings (SSSR count). The largest absolute Gasteiger partial charge is 0.381 e. The lowest BCUT2D eigenvalue weighted by molar-refractivity contribution is 0.0404. The lowest BCUT2D eigenvalue weighted by atomic mass is 9.82. The highest BCUT2D eigenvalue weighted by molar-refractivity contribution is 5.93. The van der Waals surface area contributed by atoms with Crippen molar-refractivity contribution in [2.24, 2.45) is 0 Å². The number of rotatable bonds is 3. The van der Waals surface area contributed by atoms with Crippen molar-refractivity contribution in [3.63, 3.8) is 0 Å². The Kier molecular flexibility index (Phi) is 4.77. The van der Waals surface area contributed by atoms with Gasteiger partial charge in [-0.05, 0) is 50.1 Å². The van der Waals surface area contributed by atoms with E-state index in [1.165, 1.54) is 12.1 Å². The van der Waals surface area contributed by atoms with Crippen molar-refractivity contribution in [3.05, 3.63) is 65.4 Å². The molecule has 1 aliphatic heterocycles. The summed E-state index contributed by atoms with van der Waals surface area (Å²) < 4.78 is 33.2. The van der Waals surface area contributed by atoms with Crippen LogP contribution in [-0.2, 0) is 10.3 Å². The van der Waals surface area contributed by atoms with Crippen molar-refractivity contribution in [2.75, 3.05) is 18.5 Å². The minimum absolute atomic E-state index is 0.268. The van der Waals surface area contributed by atoms with Gasteiger partial charge < -0.3 is 20.4 Å². The number of benzene rings is 2. The smallest absolute Gasteiger partial charge is 0.319 e. The molecule has 2 aromatic carbocycles. The molecule has 1 aromatic heterocycles. The molecule has 0 saturated carbocycles. The van der Waals surface area contributed by atoms with Crippen LogP contribution in [0.15, 0.2) is 42.5 Å². The second-order valence-electron chi connectivity index (χ2n) is 7.15. The number of halogens is 2. The Morgan fingerprint density at radius 2 is 1.89 bits per heavy atom. The Balaban J connectivity index is 1.58. The van der Waals surface area contributed by atoms with Gasteiger partial charge in [-0.3, -0.25) is 0 Å². The summed E-state index contributed by atoms with van der Waals surface area (Å²) in [6, 6.07) is 10.5. The molecule has 7 heteroatoms. The minimum Gasteiger partial charge on any atom is -0.381 e. The molecule has 0 spiro atoms. The predicted octanol–water partition coefficient (Wildman–Crippen LogP) is 4.58. The molecule has 1 fully saturated rings. The van der Waals surface area contributed by atoms with Gasteiger partial charge >= 0.3 is 6.03 Å². The molecule has 1 aliphatic rings. The van der Waals surface area contributed by atoms with E-state index in [9.17, 15) is 13.6 Å². The van der Waals surface area contributed by atoms with E-state index in [2.05, 4.69) is 15.6 Å². The summed E-state index contributed by atoms with van der Waals surface area (Å²) in [4.78, 5) is 15.9. The molecule has 2 amide bonds. The van der Waals surface area contributed by atoms with Crippen LogP contribution in [0.2, 0.25) is 0 Å². The molecule has 5 nitrogen and oxygen atoms in total. The number of aryl methyl sites for hydroxylation is 1. The second kappa shape index (κ2) is 7.24. The van der Waals surface area contributed by atoms with E-state index in [-0.39, 0.29) is 5.56 Å². The Morgan fingerprint density at radius 3 is 2.64 bits per heavy atom. The number of fused-ring (bicyclic) bond motifs is 1. The van der Waals surface area contributed by atoms with E-state index in [0.717, 1.165) is 22.7 Å². The first-order chi connectivity index (χ1) is 13.4. The average molecular weight is 385 g/mol. The summed E-state index contributed by atoms with van der Waals surface area (Å²) in [6.45, 7) is 2.73. The van der Waals surface area contributed by atoms with Gasteiger partial charge in [-0.25, -0.2) is 13.6 Å². The molecule has 0 bridgehead atoms. The van der Waals surface area contributed by atoms with Crippen LogP contribution < -0.4 is 10.6 Å². The molecular weight excluding hydrogens is 364 g/mol. The zero-order valence-corrected chi connectivity index (χ0v) is 15.4. The van der Waals surface area contributed by atoms with Gasteiger partial charge in [0, 0.05) is 47.1 Å². The van der Waals surface area contributed by atoms with Gasteiger partial charge in [-0.2, -0.15) is 0 Å². The molecule has 2 heterocycles. The summed E-state index contributed by atoms with van der Waals surface area (Å²) in [7, 11) is 0. The van der Waals surface area contributed by atoms with E-state index in [0.29, 0.717) is 31.7 Å². The number of urea groups is 1. The van der Waals surface area contributed by atoms with E-state index < -0.39 is 23.2 Å². The number of aromatic amines is 1. The molecule has 0 unspecified atom stereocenters. The van der Waals surface area contributed by atoms with Gasteiger partial charge in [-0.15, -0.1) is 0 Å². The molecular formula is C21H21F2N3O2. The Bertz CT molecular complexity index is 1030. The van der Waals surface area contributed by atoms with Crippen molar-refractivity contribution in [1.29, 1.82) is 0 Å². The van der Waals surface area contributed by atoms with Gasteiger partial charge in [0.25, 0.3) is 0 Å². The summed E-state index contributed by atoms with van der Waals surface area (Å²) in [5, 5.41) is 6.71. The number of hydrogen-bond acceptors (Lipinski definition) is 2. The molecule has 0 aliphatic carbocycles. The number of hydrogen-bond donors (Lipinski definition) is 3. The molecule has 3 aromatic rings. The maximum Gasteiger partial charge on any atom is 0.319 e. The third-order valence-electron chi connectivity index (χ3n) is 5.16. The summed E-state index contributed by atoms with van der Waals surface area (Å²) in [6.07, 6.45) is 0.804. The van der Waals surface area contributed by atoms with Crippen LogP contribution in [0, 0.1) is 18.6 Å². The van der Waals surface area contributed by atoms with Crippen LogP contribution in [0.4, 0.5) is 19.3 Å². The number of carbonyl (C=O) groups excluding carboxylic acids is 1. The number of aromatic nitrogens is 1. The van der Waals surface area contributed by atoms with Gasteiger partial charge in [0.05, 0.1) is 5.54 Å².